The van der Waals surface area contributed by atoms with Gasteiger partial charge in [-0.3, -0.25) is 0 Å². The highest BCUT2D eigenvalue weighted by atomic mass is 35.5. The molecular formula is C12H9ClF2N2. The molecule has 0 radical (unpaired) electrons. The second-order valence-corrected chi connectivity index (χ2v) is 3.83. The molecule has 88 valence electrons. The molecule has 0 atom stereocenters. The minimum Gasteiger partial charge on any atom is -0.395 e. The van der Waals surface area contributed by atoms with Crippen LogP contribution in [0.25, 0.3) is 0 Å². The number of nitrogens with one attached hydrogen (secondary N) is 1. The first-order chi connectivity index (χ1) is 8.09. The maximum atomic E-state index is 13.6. The lowest BCUT2D eigenvalue weighted by atomic mass is 10.2. The van der Waals surface area contributed by atoms with Crippen molar-refractivity contribution in [2.24, 2.45) is 0 Å². The summed E-state index contributed by atoms with van der Waals surface area (Å²) in [6, 6.07) is 8.77. The van der Waals surface area contributed by atoms with Crippen molar-refractivity contribution < 1.29 is 8.78 Å². The van der Waals surface area contributed by atoms with Gasteiger partial charge in [0, 0.05) is 0 Å². The lowest BCUT2D eigenvalue weighted by molar-refractivity contribution is 0.630. The van der Waals surface area contributed by atoms with E-state index in [4.69, 9.17) is 17.3 Å². The predicted molar refractivity (Wildman–Crippen MR) is 65.5 cm³/mol. The molecule has 0 fully saturated rings. The summed E-state index contributed by atoms with van der Waals surface area (Å²) in [4.78, 5) is 0. The van der Waals surface area contributed by atoms with E-state index in [-0.39, 0.29) is 16.4 Å². The van der Waals surface area contributed by atoms with E-state index >= 15 is 0 Å². The molecule has 0 amide bonds. The molecule has 0 spiro atoms. The smallest absolute Gasteiger partial charge is 0.165 e. The van der Waals surface area contributed by atoms with E-state index in [0.29, 0.717) is 5.69 Å². The van der Waals surface area contributed by atoms with E-state index in [1.165, 1.54) is 24.3 Å². The lowest BCUT2D eigenvalue weighted by Gasteiger charge is -2.10. The molecule has 2 aromatic carbocycles. The number of benzene rings is 2. The van der Waals surface area contributed by atoms with Gasteiger partial charge < -0.3 is 11.1 Å². The third kappa shape index (κ3) is 2.31. The average Bonchev–Trinajstić information content (AvgIpc) is 2.31. The highest BCUT2D eigenvalue weighted by Crippen LogP contribution is 2.29. The molecule has 0 aromatic heterocycles. The Morgan fingerprint density at radius 2 is 1.65 bits per heavy atom. The van der Waals surface area contributed by atoms with Gasteiger partial charge in [0.25, 0.3) is 0 Å². The number of hydrogen-bond donors (Lipinski definition) is 2. The average molecular weight is 255 g/mol. The highest BCUT2D eigenvalue weighted by Gasteiger charge is 2.09. The number of anilines is 3. The van der Waals surface area contributed by atoms with E-state index in [1.54, 1.807) is 12.1 Å². The van der Waals surface area contributed by atoms with Crippen LogP contribution in [-0.2, 0) is 0 Å². The topological polar surface area (TPSA) is 38.0 Å². The molecule has 2 rings (SSSR count). The normalized spacial score (nSPS) is 10.3. The van der Waals surface area contributed by atoms with Gasteiger partial charge in [0.15, 0.2) is 5.82 Å². The molecule has 17 heavy (non-hydrogen) atoms. The number of hydrogen-bond acceptors (Lipinski definition) is 2. The van der Waals surface area contributed by atoms with Gasteiger partial charge in [-0.1, -0.05) is 23.7 Å². The zero-order valence-corrected chi connectivity index (χ0v) is 9.43. The molecule has 0 bridgehead atoms. The van der Waals surface area contributed by atoms with Gasteiger partial charge in [0.1, 0.15) is 5.82 Å². The maximum Gasteiger partial charge on any atom is 0.165 e. The summed E-state index contributed by atoms with van der Waals surface area (Å²) in [5.74, 6) is -1.16. The van der Waals surface area contributed by atoms with Crippen molar-refractivity contribution in [3.8, 4) is 0 Å². The van der Waals surface area contributed by atoms with Gasteiger partial charge in [0.05, 0.1) is 22.1 Å². The molecule has 0 saturated heterocycles. The van der Waals surface area contributed by atoms with Gasteiger partial charge >= 0.3 is 0 Å². The summed E-state index contributed by atoms with van der Waals surface area (Å²) in [5, 5.41) is 2.69. The molecule has 5 heteroatoms. The largest absolute Gasteiger partial charge is 0.395 e. The molecule has 0 saturated carbocycles. The first kappa shape index (κ1) is 11.7. The van der Waals surface area contributed by atoms with Crippen LogP contribution in [0.2, 0.25) is 5.02 Å². The zero-order valence-electron chi connectivity index (χ0n) is 8.68. The number of rotatable bonds is 2. The van der Waals surface area contributed by atoms with E-state index < -0.39 is 11.6 Å². The van der Waals surface area contributed by atoms with Crippen LogP contribution in [0.1, 0.15) is 0 Å². The molecular weight excluding hydrogens is 246 g/mol. The van der Waals surface area contributed by atoms with Crippen molar-refractivity contribution in [2.45, 2.75) is 0 Å². The standard InChI is InChI=1S/C12H9ClF2N2/c13-7-3-1-5-9(11(7)15)17-10-6-2-4-8(14)12(10)16/h1-6,17H,16H2. The van der Waals surface area contributed by atoms with Gasteiger partial charge in [-0.05, 0) is 24.3 Å². The summed E-state index contributed by atoms with van der Waals surface area (Å²) in [6.45, 7) is 0. The van der Waals surface area contributed by atoms with Gasteiger partial charge in [-0.15, -0.1) is 0 Å². The van der Waals surface area contributed by atoms with Crippen molar-refractivity contribution >= 4 is 28.7 Å². The van der Waals surface area contributed by atoms with Crippen molar-refractivity contribution in [3.05, 3.63) is 53.1 Å². The summed E-state index contributed by atoms with van der Waals surface area (Å²) >= 11 is 5.63. The van der Waals surface area contributed by atoms with Gasteiger partial charge in [-0.2, -0.15) is 0 Å². The monoisotopic (exact) mass is 254 g/mol. The minimum atomic E-state index is -0.599. The number of halogens is 3. The van der Waals surface area contributed by atoms with E-state index in [9.17, 15) is 8.78 Å². The second kappa shape index (κ2) is 4.59. The van der Waals surface area contributed by atoms with Crippen LogP contribution in [0.15, 0.2) is 36.4 Å². The Labute approximate surface area is 102 Å². The fourth-order valence-electron chi connectivity index (χ4n) is 1.39. The Hall–Kier alpha value is -1.81. The van der Waals surface area contributed by atoms with Crippen LogP contribution >= 0.6 is 11.6 Å². The lowest BCUT2D eigenvalue weighted by Crippen LogP contribution is -2.00. The Balaban J connectivity index is 2.38. The Bertz CT molecular complexity index is 509. The van der Waals surface area contributed by atoms with Crippen LogP contribution < -0.4 is 11.1 Å². The minimum absolute atomic E-state index is 0.00928. The summed E-state index contributed by atoms with van der Waals surface area (Å²) in [7, 11) is 0. The van der Waals surface area contributed by atoms with Crippen LogP contribution in [0, 0.1) is 11.6 Å². The molecule has 0 unspecified atom stereocenters. The van der Waals surface area contributed by atoms with Crippen LogP contribution in [-0.4, -0.2) is 0 Å². The third-order valence-electron chi connectivity index (χ3n) is 2.27. The fourth-order valence-corrected chi connectivity index (χ4v) is 1.57. The summed E-state index contributed by atoms with van der Waals surface area (Å²) in [5.41, 5.74) is 5.91. The van der Waals surface area contributed by atoms with E-state index in [1.807, 2.05) is 0 Å². The van der Waals surface area contributed by atoms with Crippen molar-refractivity contribution in [3.63, 3.8) is 0 Å². The summed E-state index contributed by atoms with van der Waals surface area (Å²) < 4.78 is 26.8. The Kier molecular flexibility index (Phi) is 3.15. The van der Waals surface area contributed by atoms with Crippen LogP contribution in [0.3, 0.4) is 0 Å². The Morgan fingerprint density at radius 3 is 2.41 bits per heavy atom. The molecule has 2 nitrogen and oxygen atoms in total. The predicted octanol–water partition coefficient (Wildman–Crippen LogP) is 3.94. The maximum absolute atomic E-state index is 13.6. The molecule has 3 N–H and O–H groups in total. The highest BCUT2D eigenvalue weighted by molar-refractivity contribution is 6.31. The second-order valence-electron chi connectivity index (χ2n) is 3.43. The molecule has 0 aliphatic rings. The molecule has 0 aliphatic carbocycles. The van der Waals surface area contributed by atoms with Crippen LogP contribution in [0.4, 0.5) is 25.8 Å². The molecule has 0 aliphatic heterocycles. The fraction of sp³-hybridized carbons (Fsp3) is 0. The van der Waals surface area contributed by atoms with Gasteiger partial charge in [-0.25, -0.2) is 8.78 Å². The quantitative estimate of drug-likeness (QED) is 0.797. The Morgan fingerprint density at radius 1 is 1.00 bits per heavy atom. The first-order valence-corrected chi connectivity index (χ1v) is 5.22. The van der Waals surface area contributed by atoms with Gasteiger partial charge in [0.2, 0.25) is 0 Å². The van der Waals surface area contributed by atoms with E-state index in [0.717, 1.165) is 0 Å². The molecule has 0 heterocycles. The van der Waals surface area contributed by atoms with Crippen molar-refractivity contribution in [1.29, 1.82) is 0 Å². The summed E-state index contributed by atoms with van der Waals surface area (Å²) in [6.07, 6.45) is 0. The number of nitrogens with two attached hydrogens (primary N) is 1. The van der Waals surface area contributed by atoms with E-state index in [2.05, 4.69) is 5.32 Å². The molecule has 2 aromatic rings. The SMILES string of the molecule is Nc1c(F)cccc1Nc1cccc(Cl)c1F. The first-order valence-electron chi connectivity index (χ1n) is 4.84. The zero-order chi connectivity index (χ0) is 12.4. The number of para-hydroxylation sites is 1. The van der Waals surface area contributed by atoms with Crippen molar-refractivity contribution in [2.75, 3.05) is 11.1 Å². The number of nitrogen functional groups attached to an aromatic ring is 1. The van der Waals surface area contributed by atoms with Crippen LogP contribution in [0.5, 0.6) is 0 Å². The van der Waals surface area contributed by atoms with Crippen molar-refractivity contribution in [1.82, 2.24) is 0 Å². The third-order valence-corrected chi connectivity index (χ3v) is 2.57.